The lowest BCUT2D eigenvalue weighted by Gasteiger charge is -2.33. The maximum Gasteiger partial charge on any atom is 0.264 e. The van der Waals surface area contributed by atoms with Crippen LogP contribution in [-0.2, 0) is 6.54 Å². The van der Waals surface area contributed by atoms with Gasteiger partial charge < -0.3 is 4.90 Å². The average molecular weight is 337 g/mol. The third kappa shape index (κ3) is 3.68. The molecule has 0 saturated carbocycles. The second-order valence-corrected chi connectivity index (χ2v) is 7.70. The van der Waals surface area contributed by atoms with Gasteiger partial charge in [-0.05, 0) is 17.9 Å². The number of aromatic amines is 1. The van der Waals surface area contributed by atoms with E-state index in [2.05, 4.69) is 27.0 Å². The highest BCUT2D eigenvalue weighted by Crippen LogP contribution is 2.28. The summed E-state index contributed by atoms with van der Waals surface area (Å²) < 4.78 is 1.22. The number of rotatable bonds is 5. The number of H-pyrrole nitrogens is 1. The van der Waals surface area contributed by atoms with Gasteiger partial charge in [-0.3, -0.25) is 14.8 Å². The van der Waals surface area contributed by atoms with Crippen molar-refractivity contribution in [1.29, 1.82) is 0 Å². The number of thioether (sulfide) groups is 1. The Balaban J connectivity index is 1.52. The van der Waals surface area contributed by atoms with Crippen LogP contribution in [-0.4, -0.2) is 62.8 Å². The second-order valence-electron chi connectivity index (χ2n) is 5.05. The average Bonchev–Trinajstić information content (AvgIpc) is 3.20. The summed E-state index contributed by atoms with van der Waals surface area (Å²) in [5.41, 5.74) is 0. The van der Waals surface area contributed by atoms with Crippen molar-refractivity contribution in [2.75, 3.05) is 31.9 Å². The van der Waals surface area contributed by atoms with Gasteiger partial charge in [-0.25, -0.2) is 4.98 Å². The van der Waals surface area contributed by atoms with Crippen LogP contribution in [0.5, 0.6) is 0 Å². The molecule has 0 atom stereocenters. The van der Waals surface area contributed by atoms with Crippen molar-refractivity contribution in [1.82, 2.24) is 25.0 Å². The summed E-state index contributed by atoms with van der Waals surface area (Å²) in [6.45, 7) is 6.16. The number of hydrogen-bond acceptors (Lipinski definition) is 6. The van der Waals surface area contributed by atoms with Crippen LogP contribution in [0.25, 0.3) is 0 Å². The molecule has 1 fully saturated rings. The summed E-state index contributed by atoms with van der Waals surface area (Å²) in [5, 5.41) is 6.73. The number of nitrogens with zero attached hydrogens (tertiary/aromatic N) is 4. The summed E-state index contributed by atoms with van der Waals surface area (Å²) in [6, 6.07) is 4.00. The van der Waals surface area contributed by atoms with Crippen LogP contribution in [0.2, 0.25) is 0 Å². The van der Waals surface area contributed by atoms with Crippen molar-refractivity contribution in [3.8, 4) is 0 Å². The molecule has 1 saturated heterocycles. The molecule has 0 spiro atoms. The van der Waals surface area contributed by atoms with Gasteiger partial charge in [-0.1, -0.05) is 6.92 Å². The molecule has 6 nitrogen and oxygen atoms in total. The smallest absolute Gasteiger partial charge is 0.264 e. The van der Waals surface area contributed by atoms with E-state index in [1.54, 1.807) is 23.1 Å². The summed E-state index contributed by atoms with van der Waals surface area (Å²) in [7, 11) is 0. The number of piperazine rings is 1. The molecule has 22 heavy (non-hydrogen) atoms. The molecule has 8 heteroatoms. The molecular weight excluding hydrogens is 318 g/mol. The van der Waals surface area contributed by atoms with E-state index in [9.17, 15) is 4.79 Å². The summed E-state index contributed by atoms with van der Waals surface area (Å²) >= 11 is 3.38. The van der Waals surface area contributed by atoms with Crippen molar-refractivity contribution < 1.29 is 4.79 Å². The zero-order valence-electron chi connectivity index (χ0n) is 12.5. The predicted molar refractivity (Wildman–Crippen MR) is 88.3 cm³/mol. The first-order valence-electron chi connectivity index (χ1n) is 7.34. The van der Waals surface area contributed by atoms with Crippen LogP contribution >= 0.6 is 23.1 Å². The molecule has 2 aromatic heterocycles. The number of hydrogen-bond donors (Lipinski definition) is 1. The van der Waals surface area contributed by atoms with Gasteiger partial charge in [0.15, 0.2) is 0 Å². The van der Waals surface area contributed by atoms with E-state index >= 15 is 0 Å². The third-order valence-corrected chi connectivity index (χ3v) is 5.76. The van der Waals surface area contributed by atoms with Crippen molar-refractivity contribution in [2.45, 2.75) is 17.7 Å². The van der Waals surface area contributed by atoms with Crippen LogP contribution in [0.4, 0.5) is 0 Å². The van der Waals surface area contributed by atoms with Crippen molar-refractivity contribution in [2.24, 2.45) is 0 Å². The molecule has 0 bridgehead atoms. The molecule has 3 heterocycles. The van der Waals surface area contributed by atoms with Crippen LogP contribution < -0.4 is 0 Å². The minimum absolute atomic E-state index is 0.160. The molecule has 2 aromatic rings. The highest BCUT2D eigenvalue weighted by atomic mass is 32.2. The normalized spacial score (nSPS) is 16.1. The summed E-state index contributed by atoms with van der Waals surface area (Å²) in [4.78, 5) is 21.7. The van der Waals surface area contributed by atoms with Gasteiger partial charge in [-0.2, -0.15) is 5.10 Å². The SMILES string of the molecule is CCSc1ccc(C(=O)N2CCN(Cc3ncn[nH]3)CC2)s1. The molecule has 1 amide bonds. The Morgan fingerprint density at radius 1 is 1.36 bits per heavy atom. The first-order chi connectivity index (χ1) is 10.8. The molecule has 3 rings (SSSR count). The Morgan fingerprint density at radius 3 is 2.86 bits per heavy atom. The molecule has 1 aliphatic rings. The van der Waals surface area contributed by atoms with Crippen LogP contribution in [0, 0.1) is 0 Å². The predicted octanol–water partition coefficient (Wildman–Crippen LogP) is 1.94. The van der Waals surface area contributed by atoms with E-state index in [1.807, 2.05) is 17.0 Å². The van der Waals surface area contributed by atoms with Gasteiger partial charge in [0.2, 0.25) is 0 Å². The van der Waals surface area contributed by atoms with E-state index in [0.717, 1.165) is 49.2 Å². The lowest BCUT2D eigenvalue weighted by atomic mass is 10.3. The van der Waals surface area contributed by atoms with E-state index in [0.29, 0.717) is 0 Å². The monoisotopic (exact) mass is 337 g/mol. The van der Waals surface area contributed by atoms with Gasteiger partial charge in [0, 0.05) is 26.2 Å². The van der Waals surface area contributed by atoms with Gasteiger partial charge >= 0.3 is 0 Å². The lowest BCUT2D eigenvalue weighted by molar-refractivity contribution is 0.0630. The van der Waals surface area contributed by atoms with E-state index in [4.69, 9.17) is 0 Å². The maximum absolute atomic E-state index is 12.5. The minimum Gasteiger partial charge on any atom is -0.335 e. The Hall–Kier alpha value is -1.38. The highest BCUT2D eigenvalue weighted by Gasteiger charge is 2.23. The van der Waals surface area contributed by atoms with E-state index in [-0.39, 0.29) is 5.91 Å². The van der Waals surface area contributed by atoms with E-state index in [1.165, 1.54) is 10.5 Å². The number of thiophene rings is 1. The second kappa shape index (κ2) is 7.26. The number of amides is 1. The fourth-order valence-electron chi connectivity index (χ4n) is 2.44. The molecule has 0 aromatic carbocycles. The Bertz CT molecular complexity index is 605. The fourth-order valence-corrected chi connectivity index (χ4v) is 4.45. The lowest BCUT2D eigenvalue weighted by Crippen LogP contribution is -2.48. The minimum atomic E-state index is 0.160. The fraction of sp³-hybridized carbons (Fsp3) is 0.500. The number of carbonyl (C=O) groups excluding carboxylic acids is 1. The largest absolute Gasteiger partial charge is 0.335 e. The molecule has 0 unspecified atom stereocenters. The molecule has 1 aliphatic heterocycles. The standard InChI is InChI=1S/C14H19N5OS2/c1-2-21-13-4-3-11(22-13)14(20)19-7-5-18(6-8-19)9-12-15-10-16-17-12/h3-4,10H,2,5-9H2,1H3,(H,15,16,17). The van der Waals surface area contributed by atoms with Gasteiger partial charge in [0.1, 0.15) is 12.2 Å². The molecular formula is C14H19N5OS2. The van der Waals surface area contributed by atoms with Crippen molar-refractivity contribution in [3.63, 3.8) is 0 Å². The Labute approximate surface area is 137 Å². The maximum atomic E-state index is 12.5. The first-order valence-corrected chi connectivity index (χ1v) is 9.15. The molecule has 0 radical (unpaired) electrons. The summed E-state index contributed by atoms with van der Waals surface area (Å²) in [5.74, 6) is 2.07. The van der Waals surface area contributed by atoms with Crippen molar-refractivity contribution >= 4 is 29.0 Å². The van der Waals surface area contributed by atoms with Gasteiger partial charge in [-0.15, -0.1) is 23.1 Å². The number of nitrogens with one attached hydrogen (secondary N) is 1. The van der Waals surface area contributed by atoms with Crippen LogP contribution in [0.3, 0.4) is 0 Å². The number of aromatic nitrogens is 3. The van der Waals surface area contributed by atoms with Gasteiger partial charge in [0.05, 0.1) is 15.6 Å². The third-order valence-electron chi connectivity index (χ3n) is 3.58. The molecule has 1 N–H and O–H groups in total. The highest BCUT2D eigenvalue weighted by molar-refractivity contribution is 8.01. The molecule has 118 valence electrons. The van der Waals surface area contributed by atoms with Gasteiger partial charge in [0.25, 0.3) is 5.91 Å². The Kier molecular flexibility index (Phi) is 5.12. The van der Waals surface area contributed by atoms with Crippen LogP contribution in [0.1, 0.15) is 22.4 Å². The van der Waals surface area contributed by atoms with Crippen molar-refractivity contribution in [3.05, 3.63) is 29.2 Å². The Morgan fingerprint density at radius 2 is 2.18 bits per heavy atom. The zero-order valence-corrected chi connectivity index (χ0v) is 14.1. The summed E-state index contributed by atoms with van der Waals surface area (Å²) in [6.07, 6.45) is 1.53. The van der Waals surface area contributed by atoms with E-state index < -0.39 is 0 Å². The zero-order chi connectivity index (χ0) is 15.4. The first kappa shape index (κ1) is 15.5. The quantitative estimate of drug-likeness (QED) is 0.845. The number of carbonyl (C=O) groups is 1. The van der Waals surface area contributed by atoms with Crippen LogP contribution in [0.15, 0.2) is 22.7 Å². The molecule has 0 aliphatic carbocycles. The topological polar surface area (TPSA) is 65.1 Å².